The topological polar surface area (TPSA) is 149 Å². The van der Waals surface area contributed by atoms with Gasteiger partial charge in [-0.2, -0.15) is 0 Å². The van der Waals surface area contributed by atoms with Gasteiger partial charge >= 0.3 is 0 Å². The number of aliphatic hydroxyl groups excluding tert-OH is 6. The molecule has 10 atom stereocenters. The van der Waals surface area contributed by atoms with Crippen LogP contribution in [0.4, 0.5) is 4.39 Å². The molecular weight excluding hydrogens is 318 g/mol. The van der Waals surface area contributed by atoms with Crippen LogP contribution in [0, 0.1) is 0 Å². The van der Waals surface area contributed by atoms with Gasteiger partial charge in [-0.15, -0.1) is 0 Å². The van der Waals surface area contributed by atoms with Crippen molar-refractivity contribution in [3.63, 3.8) is 0 Å². The SMILES string of the molecule is CC1OC(CO)[C@@H](O[C@@H]2OC(CO)[C@@H]([18F])[C@@H](O)C2O)[C@@H](O)[C@@H]1O. The smallest absolute Gasteiger partial charge is 0.187 e. The van der Waals surface area contributed by atoms with E-state index in [1.807, 2.05) is 0 Å². The van der Waals surface area contributed by atoms with E-state index in [-0.39, 0.29) is 0 Å². The second-order valence-electron chi connectivity index (χ2n) is 5.80. The average molecular weight is 341 g/mol. The van der Waals surface area contributed by atoms with Crippen LogP contribution in [-0.4, -0.2) is 105 Å². The third-order valence-corrected chi connectivity index (χ3v) is 4.19. The number of rotatable bonds is 4. The van der Waals surface area contributed by atoms with Crippen molar-refractivity contribution < 1.29 is 49.2 Å². The minimum absolute atomic E-state index is 0.542. The summed E-state index contributed by atoms with van der Waals surface area (Å²) in [5, 5.41) is 57.8. The van der Waals surface area contributed by atoms with Gasteiger partial charge in [0, 0.05) is 0 Å². The number of hydrogen-bond acceptors (Lipinski definition) is 9. The largest absolute Gasteiger partial charge is 0.394 e. The van der Waals surface area contributed by atoms with Gasteiger partial charge in [-0.3, -0.25) is 0 Å². The molecule has 0 aromatic heterocycles. The summed E-state index contributed by atoms with van der Waals surface area (Å²) in [6, 6.07) is 0. The maximum atomic E-state index is 13.7. The highest BCUT2D eigenvalue weighted by Crippen LogP contribution is 2.29. The van der Waals surface area contributed by atoms with E-state index in [0.717, 1.165) is 0 Å². The summed E-state index contributed by atoms with van der Waals surface area (Å²) in [6.07, 6.45) is -14.5. The van der Waals surface area contributed by atoms with Gasteiger partial charge in [-0.25, -0.2) is 4.39 Å². The molecule has 0 aliphatic carbocycles. The number of hydrogen-bond donors (Lipinski definition) is 6. The van der Waals surface area contributed by atoms with Gasteiger partial charge in [-0.05, 0) is 6.92 Å². The van der Waals surface area contributed by atoms with Crippen molar-refractivity contribution in [1.82, 2.24) is 0 Å². The molecule has 0 amide bonds. The first kappa shape index (κ1) is 18.9. The van der Waals surface area contributed by atoms with E-state index >= 15 is 0 Å². The van der Waals surface area contributed by atoms with Crippen LogP contribution in [0.3, 0.4) is 0 Å². The fraction of sp³-hybridized carbons (Fsp3) is 1.00. The first-order valence-electron chi connectivity index (χ1n) is 7.36. The Morgan fingerprint density at radius 2 is 1.48 bits per heavy atom. The Kier molecular flexibility index (Phi) is 6.28. The van der Waals surface area contributed by atoms with Crippen molar-refractivity contribution in [3.8, 4) is 0 Å². The lowest BCUT2D eigenvalue weighted by Crippen LogP contribution is -2.63. The van der Waals surface area contributed by atoms with Crippen molar-refractivity contribution >= 4 is 0 Å². The predicted octanol–water partition coefficient (Wildman–Crippen LogP) is -3.35. The minimum atomic E-state index is -2.01. The Balaban J connectivity index is 2.11. The zero-order valence-electron chi connectivity index (χ0n) is 12.5. The Morgan fingerprint density at radius 3 is 2.04 bits per heavy atom. The molecule has 4 unspecified atom stereocenters. The van der Waals surface area contributed by atoms with Crippen LogP contribution >= 0.6 is 0 Å². The molecule has 2 saturated heterocycles. The van der Waals surface area contributed by atoms with E-state index in [2.05, 4.69) is 0 Å². The van der Waals surface area contributed by atoms with Crippen LogP contribution in [0.2, 0.25) is 0 Å². The molecule has 0 spiro atoms. The Labute approximate surface area is 131 Å². The molecule has 6 N–H and O–H groups in total. The van der Waals surface area contributed by atoms with Crippen molar-refractivity contribution in [2.75, 3.05) is 13.2 Å². The maximum absolute atomic E-state index is 13.7. The Morgan fingerprint density at radius 1 is 0.870 bits per heavy atom. The summed E-state index contributed by atoms with van der Waals surface area (Å²) < 4.78 is 29.3. The van der Waals surface area contributed by atoms with Crippen molar-refractivity contribution in [3.05, 3.63) is 0 Å². The van der Waals surface area contributed by atoms with Gasteiger partial charge < -0.3 is 44.8 Å². The quantitative estimate of drug-likeness (QED) is 0.308. The Bertz CT molecular complexity index is 382. The van der Waals surface area contributed by atoms with Gasteiger partial charge in [0.15, 0.2) is 12.5 Å². The lowest BCUT2D eigenvalue weighted by molar-refractivity contribution is -0.335. The minimum Gasteiger partial charge on any atom is -0.394 e. The first-order valence-corrected chi connectivity index (χ1v) is 7.36. The number of halogens is 1. The molecule has 2 heterocycles. The molecule has 0 bridgehead atoms. The van der Waals surface area contributed by atoms with Crippen LogP contribution in [0.25, 0.3) is 0 Å². The molecule has 23 heavy (non-hydrogen) atoms. The molecule has 0 saturated carbocycles. The molecule has 0 aromatic carbocycles. The maximum Gasteiger partial charge on any atom is 0.187 e. The predicted molar refractivity (Wildman–Crippen MR) is 71.0 cm³/mol. The Hall–Kier alpha value is -0.430. The summed E-state index contributed by atoms with van der Waals surface area (Å²) in [5.41, 5.74) is 0. The van der Waals surface area contributed by atoms with Gasteiger partial charge in [0.05, 0.1) is 19.3 Å². The molecule has 9 nitrogen and oxygen atoms in total. The van der Waals surface area contributed by atoms with Gasteiger partial charge in [0.2, 0.25) is 0 Å². The van der Waals surface area contributed by atoms with Crippen LogP contribution in [0.1, 0.15) is 6.92 Å². The van der Waals surface area contributed by atoms with Gasteiger partial charge in [-0.1, -0.05) is 0 Å². The first-order chi connectivity index (χ1) is 10.8. The molecule has 2 rings (SSSR count). The average Bonchev–Trinajstić information content (AvgIpc) is 2.55. The molecule has 0 aromatic rings. The van der Waals surface area contributed by atoms with Crippen LogP contribution in [0.15, 0.2) is 0 Å². The molecule has 2 fully saturated rings. The number of alkyl halides is 1. The summed E-state index contributed by atoms with van der Waals surface area (Å²) in [4.78, 5) is 0. The molecule has 2 aliphatic rings. The highest BCUT2D eigenvalue weighted by Gasteiger charge is 2.50. The molecule has 2 aliphatic heterocycles. The van der Waals surface area contributed by atoms with Crippen LogP contribution < -0.4 is 0 Å². The fourth-order valence-electron chi connectivity index (χ4n) is 2.75. The van der Waals surface area contributed by atoms with Crippen LogP contribution in [0.5, 0.6) is 0 Å². The molecular formula is C13H23FO9. The number of ether oxygens (including phenoxy) is 3. The zero-order valence-corrected chi connectivity index (χ0v) is 12.5. The standard InChI is InChI=1S/C13H23FO9/c1-4-8(17)10(19)12(6(3-16)21-4)23-13-11(20)9(18)7(14)5(2-15)22-13/h4-13,15-20H,2-3H2,1H3/t4?,5?,6?,7-,8-,9-,10+,11?,12-,13+/m1/s1/i14-1. The van der Waals surface area contributed by atoms with E-state index in [1.165, 1.54) is 6.92 Å². The number of aliphatic hydroxyl groups is 6. The molecule has 0 radical (unpaired) electrons. The second-order valence-corrected chi connectivity index (χ2v) is 5.80. The van der Waals surface area contributed by atoms with Crippen molar-refractivity contribution in [1.29, 1.82) is 0 Å². The third kappa shape index (κ3) is 3.65. The lowest BCUT2D eigenvalue weighted by Gasteiger charge is -2.45. The van der Waals surface area contributed by atoms with Crippen molar-refractivity contribution in [2.45, 2.75) is 68.2 Å². The second kappa shape index (κ2) is 7.64. The molecule has 10 heteroatoms. The lowest BCUT2D eigenvalue weighted by atomic mass is 9.95. The summed E-state index contributed by atoms with van der Waals surface area (Å²) in [7, 11) is 0. The van der Waals surface area contributed by atoms with E-state index in [1.54, 1.807) is 0 Å². The van der Waals surface area contributed by atoms with E-state index in [4.69, 9.17) is 19.3 Å². The van der Waals surface area contributed by atoms with Gasteiger partial charge in [0.1, 0.15) is 42.7 Å². The fourth-order valence-corrected chi connectivity index (χ4v) is 2.75. The van der Waals surface area contributed by atoms with E-state index in [9.17, 15) is 29.9 Å². The normalized spacial score (nSPS) is 51.7. The monoisotopic (exact) mass is 341 g/mol. The highest BCUT2D eigenvalue weighted by atomic mass is 18.2. The van der Waals surface area contributed by atoms with E-state index in [0.29, 0.717) is 0 Å². The van der Waals surface area contributed by atoms with Gasteiger partial charge in [0.25, 0.3) is 0 Å². The highest BCUT2D eigenvalue weighted by molar-refractivity contribution is 4.94. The van der Waals surface area contributed by atoms with E-state index < -0.39 is 74.5 Å². The zero-order chi connectivity index (χ0) is 17.3. The summed E-state index contributed by atoms with van der Waals surface area (Å²) >= 11 is 0. The molecule has 136 valence electrons. The summed E-state index contributed by atoms with van der Waals surface area (Å²) in [6.45, 7) is 0.203. The summed E-state index contributed by atoms with van der Waals surface area (Å²) in [5.74, 6) is 0. The third-order valence-electron chi connectivity index (χ3n) is 4.19. The van der Waals surface area contributed by atoms with Crippen molar-refractivity contribution in [2.24, 2.45) is 0 Å². The van der Waals surface area contributed by atoms with Crippen LogP contribution in [-0.2, 0) is 14.2 Å².